The smallest absolute Gasteiger partial charge is 0.255 e. The molecule has 1 aliphatic heterocycles. The normalized spacial score (nSPS) is 22.5. The minimum absolute atomic E-state index is 0.138. The van der Waals surface area contributed by atoms with Crippen LogP contribution in [-0.4, -0.2) is 70.1 Å². The number of anilines is 1. The first kappa shape index (κ1) is 18.8. The number of methoxy groups -OCH3 is 1. The van der Waals surface area contributed by atoms with Crippen LogP contribution in [0.25, 0.3) is 0 Å². The lowest BCUT2D eigenvalue weighted by Crippen LogP contribution is -2.41. The van der Waals surface area contributed by atoms with Gasteiger partial charge in [-0.3, -0.25) is 9.59 Å². The van der Waals surface area contributed by atoms with Gasteiger partial charge in [-0.1, -0.05) is 6.58 Å². The van der Waals surface area contributed by atoms with Gasteiger partial charge >= 0.3 is 0 Å². The van der Waals surface area contributed by atoms with Crippen molar-refractivity contribution in [3.63, 3.8) is 0 Å². The lowest BCUT2D eigenvalue weighted by Gasteiger charge is -2.27. The number of hydrogen-bond acceptors (Lipinski definition) is 5. The monoisotopic (exact) mass is 358 g/mol. The highest BCUT2D eigenvalue weighted by atomic mass is 28.1. The average Bonchev–Trinajstić information content (AvgIpc) is 3.13. The number of rotatable bonds is 6. The fourth-order valence-corrected chi connectivity index (χ4v) is 3.71. The molecular formula is C16H20N5O3Si. The van der Waals surface area contributed by atoms with Crippen LogP contribution in [-0.2, 0) is 14.7 Å². The number of likely N-dealkylation sites (tertiary alicyclic amines) is 1. The maximum absolute atomic E-state index is 12.2. The highest BCUT2D eigenvalue weighted by Crippen LogP contribution is 2.35. The van der Waals surface area contributed by atoms with Gasteiger partial charge in [0.1, 0.15) is 17.1 Å². The molecule has 1 aromatic heterocycles. The van der Waals surface area contributed by atoms with Crippen LogP contribution in [0, 0.1) is 12.3 Å². The summed E-state index contributed by atoms with van der Waals surface area (Å²) >= 11 is 0. The summed E-state index contributed by atoms with van der Waals surface area (Å²) in [7, 11) is 6.95. The number of terminal acetylenes is 1. The van der Waals surface area contributed by atoms with Gasteiger partial charge in [0.15, 0.2) is 0 Å². The number of carbonyl (C=O) groups excluding carboxylic acids is 2. The molecule has 0 unspecified atom stereocenters. The van der Waals surface area contributed by atoms with Crippen molar-refractivity contribution in [1.29, 1.82) is 0 Å². The fourth-order valence-electron chi connectivity index (χ4n) is 3.14. The van der Waals surface area contributed by atoms with Gasteiger partial charge < -0.3 is 20.7 Å². The fraction of sp³-hybridized carbons (Fsp3) is 0.438. The predicted octanol–water partition coefficient (Wildman–Crippen LogP) is -0.740. The molecule has 25 heavy (non-hydrogen) atoms. The second-order valence-electron chi connectivity index (χ2n) is 5.76. The molecule has 0 aromatic carbocycles. The second kappa shape index (κ2) is 7.12. The van der Waals surface area contributed by atoms with E-state index in [4.69, 9.17) is 16.9 Å². The molecule has 1 saturated heterocycles. The largest absolute Gasteiger partial charge is 0.383 e. The van der Waals surface area contributed by atoms with Crippen molar-refractivity contribution in [2.75, 3.05) is 32.6 Å². The standard InChI is InChI=1S/C16H20N5O3Si/c1-5-11-13(14(17)23)15(18-3)21(19-11)16(25)7-10(8-24-4)20(9-16)12(22)6-2/h1,6,10,18H,2,7-9H2,3-4H3,(H2,17,23)/t10-,16-/m1/s1. The number of primary amides is 1. The Morgan fingerprint density at radius 3 is 2.84 bits per heavy atom. The molecule has 0 spiro atoms. The van der Waals surface area contributed by atoms with E-state index in [-0.39, 0.29) is 23.2 Å². The van der Waals surface area contributed by atoms with Gasteiger partial charge in [0, 0.05) is 20.7 Å². The Bertz CT molecular complexity index is 754. The zero-order valence-electron chi connectivity index (χ0n) is 14.2. The van der Waals surface area contributed by atoms with Crippen molar-refractivity contribution in [3.05, 3.63) is 23.9 Å². The molecule has 3 radical (unpaired) electrons. The second-order valence-corrected chi connectivity index (χ2v) is 6.69. The lowest BCUT2D eigenvalue weighted by atomic mass is 10.1. The number of nitrogens with two attached hydrogens (primary N) is 1. The molecule has 1 aromatic rings. The molecule has 1 aliphatic rings. The van der Waals surface area contributed by atoms with Gasteiger partial charge in [0.2, 0.25) is 5.91 Å². The van der Waals surface area contributed by atoms with Crippen LogP contribution in [0.2, 0.25) is 0 Å². The lowest BCUT2D eigenvalue weighted by molar-refractivity contribution is -0.127. The summed E-state index contributed by atoms with van der Waals surface area (Å²) in [6.45, 7) is 4.19. The third-order valence-corrected chi connectivity index (χ3v) is 4.75. The van der Waals surface area contributed by atoms with Crippen molar-refractivity contribution >= 4 is 27.9 Å². The molecule has 0 saturated carbocycles. The van der Waals surface area contributed by atoms with Crippen LogP contribution in [0.3, 0.4) is 0 Å². The van der Waals surface area contributed by atoms with E-state index in [0.29, 0.717) is 25.4 Å². The summed E-state index contributed by atoms with van der Waals surface area (Å²) in [6.07, 6.45) is 7.21. The number of nitrogens with zero attached hydrogens (tertiary/aromatic N) is 3. The van der Waals surface area contributed by atoms with Crippen LogP contribution in [0.1, 0.15) is 22.5 Å². The zero-order valence-corrected chi connectivity index (χ0v) is 15.2. The van der Waals surface area contributed by atoms with E-state index in [1.807, 2.05) is 0 Å². The maximum Gasteiger partial charge on any atom is 0.255 e. The van der Waals surface area contributed by atoms with Gasteiger partial charge in [-0.2, -0.15) is 5.10 Å². The molecule has 1 fully saturated rings. The molecule has 2 atom stereocenters. The van der Waals surface area contributed by atoms with E-state index in [0.717, 1.165) is 0 Å². The molecule has 0 aliphatic carbocycles. The number of carbonyl (C=O) groups is 2. The van der Waals surface area contributed by atoms with Crippen LogP contribution in [0.5, 0.6) is 0 Å². The minimum Gasteiger partial charge on any atom is -0.383 e. The molecular weight excluding hydrogens is 338 g/mol. The highest BCUT2D eigenvalue weighted by molar-refractivity contribution is 6.15. The molecule has 3 N–H and O–H groups in total. The molecule has 131 valence electrons. The van der Waals surface area contributed by atoms with Crippen LogP contribution >= 0.6 is 0 Å². The van der Waals surface area contributed by atoms with E-state index >= 15 is 0 Å². The van der Waals surface area contributed by atoms with Crippen molar-refractivity contribution in [2.45, 2.75) is 17.6 Å². The maximum atomic E-state index is 12.2. The number of ether oxygens (including phenoxy) is 1. The zero-order chi connectivity index (χ0) is 18.8. The van der Waals surface area contributed by atoms with Gasteiger partial charge in [0.05, 0.1) is 28.1 Å². The first-order valence-electron chi connectivity index (χ1n) is 7.57. The summed E-state index contributed by atoms with van der Waals surface area (Å²) < 4.78 is 6.79. The molecule has 2 heterocycles. The first-order chi connectivity index (χ1) is 11.8. The van der Waals surface area contributed by atoms with Crippen LogP contribution in [0.4, 0.5) is 5.82 Å². The van der Waals surface area contributed by atoms with Crippen LogP contribution in [0.15, 0.2) is 12.7 Å². The minimum atomic E-state index is -0.778. The Labute approximate surface area is 149 Å². The van der Waals surface area contributed by atoms with E-state index in [2.05, 4.69) is 33.2 Å². The third-order valence-electron chi connectivity index (χ3n) is 4.17. The van der Waals surface area contributed by atoms with Crippen molar-refractivity contribution in [1.82, 2.24) is 14.7 Å². The van der Waals surface area contributed by atoms with Gasteiger partial charge in [-0.15, -0.1) is 6.42 Å². The summed E-state index contributed by atoms with van der Waals surface area (Å²) in [5.41, 5.74) is 5.74. The third kappa shape index (κ3) is 3.18. The van der Waals surface area contributed by atoms with Crippen molar-refractivity contribution in [2.24, 2.45) is 5.73 Å². The molecule has 0 bridgehead atoms. The summed E-state index contributed by atoms with van der Waals surface area (Å²) in [5.74, 6) is 1.88. The quantitative estimate of drug-likeness (QED) is 0.396. The number of hydrogen-bond donors (Lipinski definition) is 2. The highest BCUT2D eigenvalue weighted by Gasteiger charge is 2.46. The Hall–Kier alpha value is -2.57. The van der Waals surface area contributed by atoms with Crippen molar-refractivity contribution in [3.8, 4) is 12.3 Å². The van der Waals surface area contributed by atoms with E-state index in [1.54, 1.807) is 23.7 Å². The molecule has 9 heteroatoms. The first-order valence-corrected chi connectivity index (χ1v) is 8.07. The van der Waals surface area contributed by atoms with E-state index in [1.165, 1.54) is 6.08 Å². The van der Waals surface area contributed by atoms with Gasteiger partial charge in [0.25, 0.3) is 5.91 Å². The topological polar surface area (TPSA) is 102 Å². The Morgan fingerprint density at radius 2 is 2.36 bits per heavy atom. The van der Waals surface area contributed by atoms with E-state index < -0.39 is 11.1 Å². The summed E-state index contributed by atoms with van der Waals surface area (Å²) in [4.78, 5) is 25.6. The molecule has 8 nitrogen and oxygen atoms in total. The average molecular weight is 358 g/mol. The predicted molar refractivity (Wildman–Crippen MR) is 94.1 cm³/mol. The SMILES string of the molecule is C#Cc1nn([C@@]2([Si])C[C@H](COC)N(C(=O)C=C)C2)c(NC)c1C(N)=O. The van der Waals surface area contributed by atoms with Gasteiger partial charge in [-0.25, -0.2) is 4.68 Å². The van der Waals surface area contributed by atoms with E-state index in [9.17, 15) is 9.59 Å². The number of amides is 2. The number of nitrogens with one attached hydrogen (secondary N) is 1. The van der Waals surface area contributed by atoms with Crippen LogP contribution < -0.4 is 11.1 Å². The summed E-state index contributed by atoms with van der Waals surface area (Å²) in [5, 5.41) is 6.50. The van der Waals surface area contributed by atoms with Gasteiger partial charge in [-0.05, 0) is 18.4 Å². The number of aromatic nitrogens is 2. The Morgan fingerprint density at radius 1 is 1.68 bits per heavy atom. The Balaban J connectivity index is 2.54. The van der Waals surface area contributed by atoms with Crippen molar-refractivity contribution < 1.29 is 14.3 Å². The molecule has 2 rings (SSSR count). The Kier molecular flexibility index (Phi) is 5.35. The molecule has 2 amide bonds. The summed E-state index contributed by atoms with van der Waals surface area (Å²) in [6, 6.07) is -0.187.